The maximum Gasteiger partial charge on any atom is 0.490 e. The maximum absolute atomic E-state index is 13.3. The number of rotatable bonds is 13. The molecule has 1 aliphatic rings. The van der Waals surface area contributed by atoms with Crippen LogP contribution in [0.4, 0.5) is 26.3 Å². The lowest BCUT2D eigenvalue weighted by Crippen LogP contribution is -2.45. The minimum Gasteiger partial charge on any atom is -0.506 e. The van der Waals surface area contributed by atoms with Crippen molar-refractivity contribution in [1.82, 2.24) is 20.5 Å². The lowest BCUT2D eigenvalue weighted by atomic mass is 10.1. The monoisotopic (exact) mass is 766 g/mol. The fourth-order valence-electron chi connectivity index (χ4n) is 5.46. The Hall–Kier alpha value is -4.16. The van der Waals surface area contributed by atoms with Gasteiger partial charge in [0.15, 0.2) is 0 Å². The smallest absolute Gasteiger partial charge is 0.490 e. The Kier molecular flexibility index (Phi) is 18.1. The number of thiazole rings is 1. The van der Waals surface area contributed by atoms with Crippen molar-refractivity contribution in [2.75, 3.05) is 32.7 Å². The number of phenolic OH excluding ortho intramolecular Hbond substituents is 1. The number of benzene rings is 2. The Bertz CT molecular complexity index is 1610. The average molecular weight is 767 g/mol. The summed E-state index contributed by atoms with van der Waals surface area (Å²) in [6.07, 6.45) is -0.768. The van der Waals surface area contributed by atoms with Gasteiger partial charge >= 0.3 is 29.2 Å². The number of aromatic nitrogens is 1. The Labute approximate surface area is 300 Å². The number of aromatic hydroxyl groups is 1. The van der Waals surface area contributed by atoms with Crippen LogP contribution in [-0.2, 0) is 27.2 Å². The minimum atomic E-state index is -5.08. The number of aromatic amines is 1. The number of aliphatic carboxylic acids is 2. The van der Waals surface area contributed by atoms with Gasteiger partial charge in [0.1, 0.15) is 11.3 Å². The summed E-state index contributed by atoms with van der Waals surface area (Å²) < 4.78 is 64.3. The van der Waals surface area contributed by atoms with E-state index in [9.17, 15) is 41.0 Å². The molecule has 6 N–H and O–H groups in total. The molecule has 1 saturated carbocycles. The standard InChI is InChI=1S/C30H42N4O3S.2C2HF3O2/c1-22-7-6-8-23(21-22)13-16-31-18-15-27(36)34(25-9-4-2-3-5-10-25)20-19-32-17-14-24-11-12-26(35)28-29(24)38-30(37)33-28;2*3-2(4,5)1(6)7/h6-8,11-12,21,25,31-32,35H,2-5,9-10,13-20H2,1H3,(H,33,37);2*(H,6,7). The molecule has 0 saturated heterocycles. The van der Waals surface area contributed by atoms with E-state index in [0.717, 1.165) is 73.5 Å². The summed E-state index contributed by atoms with van der Waals surface area (Å²) >= 11 is 1.14. The number of carboxylic acids is 2. The highest BCUT2D eigenvalue weighted by Gasteiger charge is 2.39. The van der Waals surface area contributed by atoms with Crippen molar-refractivity contribution in [3.05, 3.63) is 62.8 Å². The van der Waals surface area contributed by atoms with Gasteiger partial charge in [-0.1, -0.05) is 72.9 Å². The quantitative estimate of drug-likeness (QED) is 0.0718. The summed E-state index contributed by atoms with van der Waals surface area (Å²) in [5.41, 5.74) is 4.18. The zero-order valence-electron chi connectivity index (χ0n) is 28.5. The third-order valence-corrected chi connectivity index (χ3v) is 8.96. The highest BCUT2D eigenvalue weighted by molar-refractivity contribution is 7.16. The molecular weight excluding hydrogens is 722 g/mol. The van der Waals surface area contributed by atoms with E-state index < -0.39 is 24.3 Å². The first kappa shape index (κ1) is 44.0. The molecule has 3 aromatic rings. The van der Waals surface area contributed by atoms with Gasteiger partial charge in [0.25, 0.3) is 0 Å². The SMILES string of the molecule is Cc1cccc(CCNCCC(=O)N(CCNCCc2ccc(O)c3[nH]c(=O)sc23)C2CCCCCC2)c1.O=C(O)C(F)(F)F.O=C(O)C(F)(F)F. The van der Waals surface area contributed by atoms with Gasteiger partial charge in [-0.3, -0.25) is 9.59 Å². The number of hydrogen-bond acceptors (Lipinski definition) is 8. The van der Waals surface area contributed by atoms with Crippen molar-refractivity contribution in [3.63, 3.8) is 0 Å². The summed E-state index contributed by atoms with van der Waals surface area (Å²) in [6.45, 7) is 5.91. The number of amides is 1. The topological polar surface area (TPSA) is 172 Å². The van der Waals surface area contributed by atoms with E-state index in [-0.39, 0.29) is 16.5 Å². The molecule has 52 heavy (non-hydrogen) atoms. The van der Waals surface area contributed by atoms with Crippen LogP contribution in [0, 0.1) is 6.92 Å². The summed E-state index contributed by atoms with van der Waals surface area (Å²) in [6, 6.07) is 12.5. The van der Waals surface area contributed by atoms with E-state index in [0.29, 0.717) is 24.5 Å². The van der Waals surface area contributed by atoms with Crippen LogP contribution in [0.25, 0.3) is 10.2 Å². The number of halogens is 6. The van der Waals surface area contributed by atoms with Crippen molar-refractivity contribution < 1.29 is 56.0 Å². The fraction of sp³-hybridized carbons (Fsp3) is 0.529. The highest BCUT2D eigenvalue weighted by atomic mass is 32.1. The zero-order chi connectivity index (χ0) is 38.9. The lowest BCUT2D eigenvalue weighted by molar-refractivity contribution is -0.193. The molecule has 0 bridgehead atoms. The number of fused-ring (bicyclic) bond motifs is 1. The molecule has 18 heteroatoms. The highest BCUT2D eigenvalue weighted by Crippen LogP contribution is 2.28. The fourth-order valence-corrected chi connectivity index (χ4v) is 6.36. The molecule has 0 unspecified atom stereocenters. The summed E-state index contributed by atoms with van der Waals surface area (Å²) in [5.74, 6) is -5.16. The third-order valence-electron chi connectivity index (χ3n) is 8.00. The first-order chi connectivity index (χ1) is 24.4. The van der Waals surface area contributed by atoms with Crippen LogP contribution in [0.15, 0.2) is 41.2 Å². The van der Waals surface area contributed by atoms with E-state index in [1.165, 1.54) is 36.8 Å². The summed E-state index contributed by atoms with van der Waals surface area (Å²) in [7, 11) is 0. The van der Waals surface area contributed by atoms with Crippen molar-refractivity contribution in [2.24, 2.45) is 0 Å². The van der Waals surface area contributed by atoms with E-state index in [4.69, 9.17) is 19.8 Å². The normalized spacial score (nSPS) is 13.7. The molecule has 0 radical (unpaired) electrons. The molecule has 0 atom stereocenters. The molecule has 2 aromatic carbocycles. The number of H-pyrrole nitrogens is 1. The van der Waals surface area contributed by atoms with E-state index in [2.05, 4.69) is 51.7 Å². The van der Waals surface area contributed by atoms with Gasteiger partial charge in [-0.2, -0.15) is 26.3 Å². The number of carbonyl (C=O) groups excluding carboxylic acids is 1. The Morgan fingerprint density at radius 2 is 1.44 bits per heavy atom. The zero-order valence-corrected chi connectivity index (χ0v) is 29.4. The van der Waals surface area contributed by atoms with Gasteiger partial charge in [-0.05, 0) is 62.9 Å². The Morgan fingerprint density at radius 1 is 0.865 bits per heavy atom. The van der Waals surface area contributed by atoms with Gasteiger partial charge in [0, 0.05) is 32.1 Å². The van der Waals surface area contributed by atoms with Gasteiger partial charge in [-0.15, -0.1) is 0 Å². The third kappa shape index (κ3) is 16.0. The van der Waals surface area contributed by atoms with Crippen LogP contribution in [-0.4, -0.2) is 94.2 Å². The minimum absolute atomic E-state index is 0.109. The van der Waals surface area contributed by atoms with Gasteiger partial charge < -0.3 is 35.8 Å². The van der Waals surface area contributed by atoms with Crippen LogP contribution in [0.1, 0.15) is 61.6 Å². The molecule has 1 aliphatic carbocycles. The van der Waals surface area contributed by atoms with Crippen molar-refractivity contribution in [3.8, 4) is 5.75 Å². The van der Waals surface area contributed by atoms with Crippen LogP contribution in [0.3, 0.4) is 0 Å². The average Bonchev–Trinajstić information content (AvgIpc) is 3.27. The molecule has 0 spiro atoms. The number of nitrogens with one attached hydrogen (secondary N) is 3. The van der Waals surface area contributed by atoms with Crippen LogP contribution in [0.2, 0.25) is 0 Å². The Balaban J connectivity index is 0.000000564. The van der Waals surface area contributed by atoms with Crippen molar-refractivity contribution in [2.45, 2.75) is 83.1 Å². The number of carbonyl (C=O) groups is 3. The van der Waals surface area contributed by atoms with Gasteiger partial charge in [0.05, 0.1) is 4.70 Å². The number of nitrogens with zero attached hydrogens (tertiary/aromatic N) is 1. The maximum atomic E-state index is 13.3. The molecule has 1 amide bonds. The first-order valence-corrected chi connectivity index (χ1v) is 17.4. The van der Waals surface area contributed by atoms with Crippen LogP contribution in [0.5, 0.6) is 5.75 Å². The van der Waals surface area contributed by atoms with Crippen LogP contribution >= 0.6 is 11.3 Å². The number of carboxylic acid groups (broad SMARTS) is 2. The van der Waals surface area contributed by atoms with Crippen molar-refractivity contribution >= 4 is 39.4 Å². The summed E-state index contributed by atoms with van der Waals surface area (Å²) in [5, 5.41) is 31.2. The number of phenols is 1. The van der Waals surface area contributed by atoms with E-state index >= 15 is 0 Å². The Morgan fingerprint density at radius 3 is 2.02 bits per heavy atom. The molecule has 11 nitrogen and oxygen atoms in total. The number of alkyl halides is 6. The van der Waals surface area contributed by atoms with E-state index in [1.807, 2.05) is 6.07 Å². The summed E-state index contributed by atoms with van der Waals surface area (Å²) in [4.78, 5) is 47.6. The first-order valence-electron chi connectivity index (χ1n) is 16.6. The molecular formula is C34H44F6N4O7S. The van der Waals surface area contributed by atoms with E-state index in [1.54, 1.807) is 6.07 Å². The second-order valence-electron chi connectivity index (χ2n) is 12.0. The van der Waals surface area contributed by atoms with Crippen molar-refractivity contribution in [1.29, 1.82) is 0 Å². The number of aryl methyl sites for hydroxylation is 1. The molecule has 1 heterocycles. The molecule has 0 aliphatic heterocycles. The van der Waals surface area contributed by atoms with Gasteiger partial charge in [0.2, 0.25) is 5.91 Å². The number of hydrogen-bond donors (Lipinski definition) is 6. The predicted molar refractivity (Wildman–Crippen MR) is 184 cm³/mol. The lowest BCUT2D eigenvalue weighted by Gasteiger charge is -2.32. The second-order valence-corrected chi connectivity index (χ2v) is 13.0. The molecule has 1 aromatic heterocycles. The molecule has 290 valence electrons. The van der Waals surface area contributed by atoms with Crippen LogP contribution < -0.4 is 15.5 Å². The second kappa shape index (κ2) is 21.4. The molecule has 1 fully saturated rings. The van der Waals surface area contributed by atoms with Gasteiger partial charge in [-0.25, -0.2) is 9.59 Å². The largest absolute Gasteiger partial charge is 0.506 e. The predicted octanol–water partition coefficient (Wildman–Crippen LogP) is 5.78. The molecule has 4 rings (SSSR count).